The molecule has 7 heteroatoms. The average molecular weight is 443 g/mol. The van der Waals surface area contributed by atoms with Gasteiger partial charge in [0, 0.05) is 23.6 Å². The number of nitrogens with one attached hydrogen (secondary N) is 2. The Balaban J connectivity index is 1.33. The molecule has 0 aliphatic carbocycles. The first-order chi connectivity index (χ1) is 15.9. The standard InChI is InChI=1S/C26H26N4O3/c1-17-11-18(2)25(19(3)12-17)29-24(31)14-27-26(32)20-7-6-8-22(13-20)33-16-21-15-30-10-5-4-9-23(30)28-21/h4-13,15H,14,16H2,1-3H3,(H,27,32)(H,29,31). The number of hydrogen-bond acceptors (Lipinski definition) is 4. The van der Waals surface area contributed by atoms with Gasteiger partial charge in [-0.3, -0.25) is 9.59 Å². The zero-order valence-electron chi connectivity index (χ0n) is 18.9. The van der Waals surface area contributed by atoms with Gasteiger partial charge in [-0.1, -0.05) is 29.8 Å². The van der Waals surface area contributed by atoms with Crippen LogP contribution >= 0.6 is 0 Å². The summed E-state index contributed by atoms with van der Waals surface area (Å²) in [6.45, 7) is 6.07. The van der Waals surface area contributed by atoms with Crippen molar-refractivity contribution in [3.05, 3.63) is 94.9 Å². The topological polar surface area (TPSA) is 84.7 Å². The second-order valence-electron chi connectivity index (χ2n) is 8.02. The van der Waals surface area contributed by atoms with E-state index in [4.69, 9.17) is 4.74 Å². The number of anilines is 1. The molecule has 0 aliphatic rings. The molecule has 2 N–H and O–H groups in total. The van der Waals surface area contributed by atoms with Crippen molar-refractivity contribution in [2.24, 2.45) is 0 Å². The third-order valence-corrected chi connectivity index (χ3v) is 5.25. The van der Waals surface area contributed by atoms with E-state index in [-0.39, 0.29) is 25.0 Å². The molecule has 4 aromatic rings. The zero-order chi connectivity index (χ0) is 23.4. The van der Waals surface area contributed by atoms with E-state index in [9.17, 15) is 9.59 Å². The average Bonchev–Trinajstić information content (AvgIpc) is 3.22. The van der Waals surface area contributed by atoms with E-state index < -0.39 is 0 Å². The molecule has 0 bridgehead atoms. The normalized spacial score (nSPS) is 10.8. The molecule has 33 heavy (non-hydrogen) atoms. The summed E-state index contributed by atoms with van der Waals surface area (Å²) in [5, 5.41) is 5.55. The summed E-state index contributed by atoms with van der Waals surface area (Å²) in [6.07, 6.45) is 3.83. The van der Waals surface area contributed by atoms with Gasteiger partial charge in [-0.15, -0.1) is 0 Å². The quantitative estimate of drug-likeness (QED) is 0.449. The van der Waals surface area contributed by atoms with Gasteiger partial charge in [0.25, 0.3) is 5.91 Å². The van der Waals surface area contributed by atoms with Crippen LogP contribution in [0, 0.1) is 20.8 Å². The molecule has 2 amide bonds. The molecule has 0 saturated heterocycles. The smallest absolute Gasteiger partial charge is 0.251 e. The Morgan fingerprint density at radius 3 is 2.55 bits per heavy atom. The third-order valence-electron chi connectivity index (χ3n) is 5.25. The van der Waals surface area contributed by atoms with Gasteiger partial charge in [-0.2, -0.15) is 0 Å². The maximum absolute atomic E-state index is 12.6. The SMILES string of the molecule is Cc1cc(C)c(NC(=O)CNC(=O)c2cccc(OCc3cn4ccccc4n3)c2)c(C)c1. The molecule has 2 heterocycles. The van der Waals surface area contributed by atoms with Gasteiger partial charge in [-0.25, -0.2) is 4.98 Å². The van der Waals surface area contributed by atoms with E-state index in [2.05, 4.69) is 15.6 Å². The number of carbonyl (C=O) groups excluding carboxylic acids is 2. The van der Waals surface area contributed by atoms with Gasteiger partial charge in [0.05, 0.1) is 12.2 Å². The number of rotatable bonds is 7. The number of fused-ring (bicyclic) bond motifs is 1. The van der Waals surface area contributed by atoms with E-state index in [1.165, 1.54) is 0 Å². The molecule has 0 radical (unpaired) electrons. The van der Waals surface area contributed by atoms with Gasteiger partial charge >= 0.3 is 0 Å². The fourth-order valence-corrected chi connectivity index (χ4v) is 3.76. The van der Waals surface area contributed by atoms with Crippen molar-refractivity contribution in [1.29, 1.82) is 0 Å². The molecule has 4 rings (SSSR count). The number of ether oxygens (including phenoxy) is 1. The summed E-state index contributed by atoms with van der Waals surface area (Å²) < 4.78 is 7.74. The van der Waals surface area contributed by atoms with Crippen LogP contribution in [0.15, 0.2) is 67.0 Å². The first-order valence-corrected chi connectivity index (χ1v) is 10.7. The van der Waals surface area contributed by atoms with Gasteiger partial charge in [0.2, 0.25) is 5.91 Å². The summed E-state index contributed by atoms with van der Waals surface area (Å²) >= 11 is 0. The highest BCUT2D eigenvalue weighted by molar-refractivity contribution is 6.00. The Hall–Kier alpha value is -4.13. The molecule has 0 saturated carbocycles. The van der Waals surface area contributed by atoms with Gasteiger partial charge in [0.1, 0.15) is 18.0 Å². The fourth-order valence-electron chi connectivity index (χ4n) is 3.76. The number of aromatic nitrogens is 2. The maximum atomic E-state index is 12.6. The van der Waals surface area contributed by atoms with E-state index >= 15 is 0 Å². The highest BCUT2D eigenvalue weighted by Gasteiger charge is 2.12. The second kappa shape index (κ2) is 9.56. The van der Waals surface area contributed by atoms with E-state index in [0.29, 0.717) is 11.3 Å². The summed E-state index contributed by atoms with van der Waals surface area (Å²) in [4.78, 5) is 29.4. The van der Waals surface area contributed by atoms with Crippen LogP contribution in [0.25, 0.3) is 5.65 Å². The van der Waals surface area contributed by atoms with Crippen LogP contribution in [0.3, 0.4) is 0 Å². The molecule has 7 nitrogen and oxygen atoms in total. The first kappa shape index (κ1) is 22.1. The van der Waals surface area contributed by atoms with Crippen LogP contribution in [0.1, 0.15) is 32.7 Å². The van der Waals surface area contributed by atoms with Crippen LogP contribution < -0.4 is 15.4 Å². The van der Waals surface area contributed by atoms with Crippen LogP contribution in [0.2, 0.25) is 0 Å². The van der Waals surface area contributed by atoms with Gasteiger partial charge < -0.3 is 19.8 Å². The second-order valence-corrected chi connectivity index (χ2v) is 8.02. The molecule has 168 valence electrons. The van der Waals surface area contributed by atoms with Crippen molar-refractivity contribution in [3.8, 4) is 5.75 Å². The van der Waals surface area contributed by atoms with Crippen LogP contribution in [0.5, 0.6) is 5.75 Å². The minimum Gasteiger partial charge on any atom is -0.487 e. The maximum Gasteiger partial charge on any atom is 0.251 e. The predicted molar refractivity (Wildman–Crippen MR) is 128 cm³/mol. The van der Waals surface area contributed by atoms with Crippen molar-refractivity contribution in [1.82, 2.24) is 14.7 Å². The van der Waals surface area contributed by atoms with Gasteiger partial charge in [-0.05, 0) is 62.2 Å². The molecule has 0 fully saturated rings. The van der Waals surface area contributed by atoms with Crippen molar-refractivity contribution in [3.63, 3.8) is 0 Å². The summed E-state index contributed by atoms with van der Waals surface area (Å²) in [5.41, 5.74) is 5.94. The minimum atomic E-state index is -0.347. The molecule has 0 aliphatic heterocycles. The fraction of sp³-hybridized carbons (Fsp3) is 0.192. The third kappa shape index (κ3) is 5.38. The molecular weight excluding hydrogens is 416 g/mol. The Morgan fingerprint density at radius 1 is 1.00 bits per heavy atom. The number of nitrogens with zero attached hydrogens (tertiary/aromatic N) is 2. The van der Waals surface area contributed by atoms with Crippen molar-refractivity contribution < 1.29 is 14.3 Å². The summed E-state index contributed by atoms with van der Waals surface area (Å²) in [6, 6.07) is 16.7. The monoisotopic (exact) mass is 442 g/mol. The van der Waals surface area contributed by atoms with E-state index in [0.717, 1.165) is 33.7 Å². The zero-order valence-corrected chi connectivity index (χ0v) is 18.9. The highest BCUT2D eigenvalue weighted by Crippen LogP contribution is 2.21. The van der Waals surface area contributed by atoms with Crippen LogP contribution in [-0.2, 0) is 11.4 Å². The molecule has 0 unspecified atom stereocenters. The van der Waals surface area contributed by atoms with E-state index in [1.807, 2.05) is 67.9 Å². The predicted octanol–water partition coefficient (Wildman–Crippen LogP) is 4.21. The van der Waals surface area contributed by atoms with Crippen molar-refractivity contribution in [2.45, 2.75) is 27.4 Å². The number of pyridine rings is 1. The molecule has 0 atom stereocenters. The lowest BCUT2D eigenvalue weighted by Gasteiger charge is -2.13. The Morgan fingerprint density at radius 2 is 1.79 bits per heavy atom. The number of hydrogen-bond donors (Lipinski definition) is 2. The van der Waals surface area contributed by atoms with Crippen molar-refractivity contribution >= 4 is 23.1 Å². The number of imidazole rings is 1. The lowest BCUT2D eigenvalue weighted by molar-refractivity contribution is -0.115. The Bertz CT molecular complexity index is 1270. The summed E-state index contributed by atoms with van der Waals surface area (Å²) in [7, 11) is 0. The molecule has 0 spiro atoms. The summed E-state index contributed by atoms with van der Waals surface area (Å²) in [5.74, 6) is -0.0756. The first-order valence-electron chi connectivity index (χ1n) is 10.7. The largest absolute Gasteiger partial charge is 0.487 e. The Labute approximate surface area is 192 Å². The molecule has 2 aromatic heterocycles. The van der Waals surface area contributed by atoms with Gasteiger partial charge in [0.15, 0.2) is 0 Å². The van der Waals surface area contributed by atoms with E-state index in [1.54, 1.807) is 24.3 Å². The number of amides is 2. The number of carbonyl (C=O) groups is 2. The van der Waals surface area contributed by atoms with Crippen molar-refractivity contribution in [2.75, 3.05) is 11.9 Å². The number of aryl methyl sites for hydroxylation is 3. The van der Waals surface area contributed by atoms with Crippen LogP contribution in [0.4, 0.5) is 5.69 Å². The lowest BCUT2D eigenvalue weighted by Crippen LogP contribution is -2.33. The Kier molecular flexibility index (Phi) is 6.40. The molecular formula is C26H26N4O3. The number of benzene rings is 2. The minimum absolute atomic E-state index is 0.127. The highest BCUT2D eigenvalue weighted by atomic mass is 16.5. The van der Waals surface area contributed by atoms with Crippen LogP contribution in [-0.4, -0.2) is 27.7 Å². The molecule has 2 aromatic carbocycles. The lowest BCUT2D eigenvalue weighted by atomic mass is 10.1.